The van der Waals surface area contributed by atoms with Crippen molar-refractivity contribution in [1.82, 2.24) is 10.9 Å². The van der Waals surface area contributed by atoms with Gasteiger partial charge >= 0.3 is 0 Å². The Kier molecular flexibility index (Phi) is 9.61. The number of hydrogen-bond acceptors (Lipinski definition) is 2. The highest BCUT2D eigenvalue weighted by Gasteiger charge is 2.29. The lowest BCUT2D eigenvalue weighted by molar-refractivity contribution is 0.407. The Labute approximate surface area is 275 Å². The van der Waals surface area contributed by atoms with Crippen LogP contribution in [-0.4, -0.2) is 12.9 Å². The quantitative estimate of drug-likeness (QED) is 0.125. The highest BCUT2D eigenvalue weighted by Crippen LogP contribution is 2.37. The maximum atomic E-state index is 5.34. The van der Waals surface area contributed by atoms with Crippen molar-refractivity contribution in [3.63, 3.8) is 0 Å². The first-order valence-electron chi connectivity index (χ1n) is 16.5. The molecule has 2 atom stereocenters. The average Bonchev–Trinajstić information content (AvgIpc) is 3.15. The number of nitrogens with one attached hydrogen (secondary N) is 2. The fourth-order valence-corrected chi connectivity index (χ4v) is 6.57. The van der Waals surface area contributed by atoms with Gasteiger partial charge in [0.05, 0.1) is 6.04 Å². The van der Waals surface area contributed by atoms with Gasteiger partial charge in [-0.25, -0.2) is 5.43 Å². The van der Waals surface area contributed by atoms with Crippen molar-refractivity contribution in [3.05, 3.63) is 173 Å². The Morgan fingerprint density at radius 3 is 2.37 bits per heavy atom. The predicted molar refractivity (Wildman–Crippen MR) is 196 cm³/mol. The van der Waals surface area contributed by atoms with Crippen LogP contribution in [0, 0.1) is 5.92 Å². The van der Waals surface area contributed by atoms with Crippen molar-refractivity contribution in [2.24, 2.45) is 10.9 Å². The van der Waals surface area contributed by atoms with E-state index >= 15 is 0 Å². The van der Waals surface area contributed by atoms with Crippen LogP contribution in [0.4, 0.5) is 0 Å². The summed E-state index contributed by atoms with van der Waals surface area (Å²) >= 11 is 0. The first-order valence-corrected chi connectivity index (χ1v) is 16.5. The largest absolute Gasteiger partial charge is 0.306 e. The van der Waals surface area contributed by atoms with E-state index in [1.807, 2.05) is 7.05 Å². The van der Waals surface area contributed by atoms with Gasteiger partial charge in [-0.2, -0.15) is 0 Å². The monoisotopic (exact) mass is 603 g/mol. The topological polar surface area (TPSA) is 36.4 Å². The van der Waals surface area contributed by atoms with Gasteiger partial charge in [0.2, 0.25) is 0 Å². The van der Waals surface area contributed by atoms with Gasteiger partial charge in [-0.05, 0) is 87.3 Å². The molecule has 3 heteroatoms. The van der Waals surface area contributed by atoms with Gasteiger partial charge in [0.25, 0.3) is 0 Å². The summed E-state index contributed by atoms with van der Waals surface area (Å²) in [6.07, 6.45) is 16.7. The van der Waals surface area contributed by atoms with Crippen LogP contribution in [0.5, 0.6) is 0 Å². The molecule has 4 aromatic rings. The molecule has 0 heterocycles. The number of nitrogens with zero attached hydrogens (tertiary/aromatic N) is 1. The van der Waals surface area contributed by atoms with E-state index < -0.39 is 0 Å². The Hall–Kier alpha value is -4.73. The molecular weight excluding hydrogens is 558 g/mol. The molecule has 0 aromatic heterocycles. The minimum absolute atomic E-state index is 0.0586. The number of rotatable bonds is 7. The summed E-state index contributed by atoms with van der Waals surface area (Å²) in [5.74, 6) is 1.22. The van der Waals surface area contributed by atoms with Crippen molar-refractivity contribution in [3.8, 4) is 11.1 Å². The van der Waals surface area contributed by atoms with Crippen molar-refractivity contribution < 1.29 is 0 Å². The molecule has 232 valence electrons. The molecule has 3 nitrogen and oxygen atoms in total. The molecule has 2 unspecified atom stereocenters. The first-order chi connectivity index (χ1) is 22.4. The van der Waals surface area contributed by atoms with Crippen LogP contribution in [0.25, 0.3) is 16.7 Å². The number of aliphatic imine (C=N–C) groups is 1. The number of hydrazine groups is 1. The third-order valence-corrected chi connectivity index (χ3v) is 9.64. The lowest BCUT2D eigenvalue weighted by Gasteiger charge is -2.32. The maximum absolute atomic E-state index is 5.34. The number of benzene rings is 4. The second-order valence-electron chi connectivity index (χ2n) is 12.9. The van der Waals surface area contributed by atoms with E-state index in [4.69, 9.17) is 4.99 Å². The molecule has 0 saturated heterocycles. The molecule has 0 radical (unpaired) electrons. The third kappa shape index (κ3) is 6.90. The minimum atomic E-state index is -0.0615. The van der Waals surface area contributed by atoms with Crippen LogP contribution in [-0.2, 0) is 11.8 Å². The van der Waals surface area contributed by atoms with E-state index in [9.17, 15) is 0 Å². The van der Waals surface area contributed by atoms with E-state index in [0.717, 1.165) is 36.2 Å². The van der Waals surface area contributed by atoms with Crippen LogP contribution in [0.3, 0.4) is 0 Å². The molecule has 0 saturated carbocycles. The van der Waals surface area contributed by atoms with Crippen molar-refractivity contribution >= 4 is 11.4 Å². The molecule has 6 rings (SSSR count). The van der Waals surface area contributed by atoms with E-state index in [2.05, 4.69) is 171 Å². The van der Waals surface area contributed by atoms with Gasteiger partial charge in [0.1, 0.15) is 5.84 Å². The van der Waals surface area contributed by atoms with Gasteiger partial charge in [0, 0.05) is 12.6 Å². The Morgan fingerprint density at radius 2 is 1.59 bits per heavy atom. The van der Waals surface area contributed by atoms with Crippen molar-refractivity contribution in [2.75, 3.05) is 7.05 Å². The molecule has 46 heavy (non-hydrogen) atoms. The van der Waals surface area contributed by atoms with Crippen LogP contribution in [0.1, 0.15) is 67.5 Å². The second kappa shape index (κ2) is 14.1. The van der Waals surface area contributed by atoms with E-state index in [0.29, 0.717) is 5.92 Å². The number of fused-ring (bicyclic) bond motifs is 1. The van der Waals surface area contributed by atoms with Crippen molar-refractivity contribution in [2.45, 2.75) is 51.5 Å². The lowest BCUT2D eigenvalue weighted by Crippen LogP contribution is -2.35. The molecule has 2 aliphatic carbocycles. The Morgan fingerprint density at radius 1 is 0.848 bits per heavy atom. The van der Waals surface area contributed by atoms with Crippen LogP contribution in [0.15, 0.2) is 150 Å². The van der Waals surface area contributed by atoms with E-state index in [1.54, 1.807) is 0 Å². The molecule has 0 spiro atoms. The Balaban J connectivity index is 1.35. The molecule has 4 aromatic carbocycles. The van der Waals surface area contributed by atoms with Crippen LogP contribution >= 0.6 is 0 Å². The highest BCUT2D eigenvalue weighted by atomic mass is 15.4. The summed E-state index contributed by atoms with van der Waals surface area (Å²) < 4.78 is 0. The summed E-state index contributed by atoms with van der Waals surface area (Å²) in [5.41, 5.74) is 17.8. The molecule has 2 N–H and O–H groups in total. The first kappa shape index (κ1) is 31.3. The number of amidine groups is 1. The smallest absolute Gasteiger partial charge is 0.143 e. The normalized spacial score (nSPS) is 18.3. The fraction of sp³-hybridized carbons (Fsp3) is 0.233. The van der Waals surface area contributed by atoms with Gasteiger partial charge in [-0.3, -0.25) is 4.99 Å². The average molecular weight is 604 g/mol. The minimum Gasteiger partial charge on any atom is -0.306 e. The summed E-state index contributed by atoms with van der Waals surface area (Å²) in [7, 11) is 1.89. The highest BCUT2D eigenvalue weighted by molar-refractivity contribution is 6.00. The molecule has 2 aliphatic rings. The number of hydrogen-bond donors (Lipinski definition) is 2. The van der Waals surface area contributed by atoms with Gasteiger partial charge in [0.15, 0.2) is 0 Å². The molecule has 0 fully saturated rings. The molecular formula is C43H45N3. The molecule has 0 aliphatic heterocycles. The SMILES string of the molecule is CNNC(=NC(C1=CC=CCC1)c1ccccc1)c1cccc(-c2cccc(C3=CCc4ccccc4C(C)(C)C(C)C=C3)c2)c1. The zero-order valence-electron chi connectivity index (χ0n) is 27.5. The van der Waals surface area contributed by atoms with Gasteiger partial charge in [-0.15, -0.1) is 0 Å². The van der Waals surface area contributed by atoms with Gasteiger partial charge in [-0.1, -0.05) is 148 Å². The summed E-state index contributed by atoms with van der Waals surface area (Å²) in [6, 6.07) is 37.1. The Bertz CT molecular complexity index is 1820. The third-order valence-electron chi connectivity index (χ3n) is 9.64. The zero-order valence-corrected chi connectivity index (χ0v) is 27.5. The molecule has 0 bridgehead atoms. The summed E-state index contributed by atoms with van der Waals surface area (Å²) in [6.45, 7) is 7.07. The number of allylic oxidation sites excluding steroid dienone is 7. The van der Waals surface area contributed by atoms with Gasteiger partial charge < -0.3 is 5.43 Å². The van der Waals surface area contributed by atoms with Crippen LogP contribution in [0.2, 0.25) is 0 Å². The maximum Gasteiger partial charge on any atom is 0.143 e. The lowest BCUT2D eigenvalue weighted by atomic mass is 9.72. The van der Waals surface area contributed by atoms with Crippen molar-refractivity contribution in [1.29, 1.82) is 0 Å². The van der Waals surface area contributed by atoms with Crippen LogP contribution < -0.4 is 10.9 Å². The summed E-state index contributed by atoms with van der Waals surface area (Å²) in [4.78, 5) is 5.34. The summed E-state index contributed by atoms with van der Waals surface area (Å²) in [5, 5.41) is 0. The predicted octanol–water partition coefficient (Wildman–Crippen LogP) is 9.95. The van der Waals surface area contributed by atoms with E-state index in [1.165, 1.54) is 39.0 Å². The van der Waals surface area contributed by atoms with E-state index in [-0.39, 0.29) is 11.5 Å². The molecule has 0 amide bonds. The zero-order chi connectivity index (χ0) is 31.9. The standard InChI is InChI=1S/C43H45N3/c1-31-25-26-32(27-28-33-15-11-12-24-40(33)43(31,2)3)36-20-13-21-37(29-36)38-22-14-23-39(30-38)42(46-44-4)45-41(34-16-7-5-8-17-34)35-18-9-6-10-19-35/h5-9,11-18,20-27,29-31,41,44H,10,19,28H2,1-4H3,(H,45,46). The second-order valence-corrected chi connectivity index (χ2v) is 12.9. The fourth-order valence-electron chi connectivity index (χ4n) is 6.57.